The van der Waals surface area contributed by atoms with Crippen molar-refractivity contribution in [3.05, 3.63) is 35.9 Å². The van der Waals surface area contributed by atoms with Crippen LogP contribution in [0, 0.1) is 5.92 Å². The second kappa shape index (κ2) is 9.99. The van der Waals surface area contributed by atoms with E-state index < -0.39 is 0 Å². The highest BCUT2D eigenvalue weighted by Gasteiger charge is 1.99. The highest BCUT2D eigenvalue weighted by atomic mass is 15.1. The van der Waals surface area contributed by atoms with E-state index >= 15 is 0 Å². The molecule has 1 aromatic carbocycles. The van der Waals surface area contributed by atoms with Crippen molar-refractivity contribution < 1.29 is 0 Å². The van der Waals surface area contributed by atoms with Gasteiger partial charge in [0.05, 0.1) is 0 Å². The van der Waals surface area contributed by atoms with Gasteiger partial charge in [-0.25, -0.2) is 0 Å². The van der Waals surface area contributed by atoms with Crippen LogP contribution in [-0.4, -0.2) is 31.6 Å². The van der Waals surface area contributed by atoms with E-state index in [0.29, 0.717) is 0 Å². The van der Waals surface area contributed by atoms with Crippen LogP contribution in [0.3, 0.4) is 0 Å². The minimum atomic E-state index is 0.832. The maximum absolute atomic E-state index is 3.53. The molecule has 0 aliphatic heterocycles. The molecule has 0 aliphatic rings. The molecule has 2 heteroatoms. The molecule has 0 atom stereocenters. The minimum absolute atomic E-state index is 0.832. The number of nitrogens with zero attached hydrogens (tertiary/aromatic N) is 1. The van der Waals surface area contributed by atoms with Gasteiger partial charge in [-0.2, -0.15) is 0 Å². The Labute approximate surface area is 119 Å². The zero-order chi connectivity index (χ0) is 13.9. The quantitative estimate of drug-likeness (QED) is 0.649. The van der Waals surface area contributed by atoms with Gasteiger partial charge in [0.2, 0.25) is 0 Å². The Morgan fingerprint density at radius 1 is 1.05 bits per heavy atom. The second-order valence-electron chi connectivity index (χ2n) is 5.86. The molecule has 0 aromatic heterocycles. The first-order valence-corrected chi connectivity index (χ1v) is 7.61. The molecule has 0 saturated carbocycles. The van der Waals surface area contributed by atoms with E-state index in [1.165, 1.54) is 31.4 Å². The summed E-state index contributed by atoms with van der Waals surface area (Å²) in [7, 11) is 2.20. The van der Waals surface area contributed by atoms with E-state index in [1.807, 2.05) is 0 Å². The molecule has 1 rings (SSSR count). The Morgan fingerprint density at radius 3 is 2.42 bits per heavy atom. The van der Waals surface area contributed by atoms with E-state index in [0.717, 1.165) is 25.6 Å². The standard InChI is InChI=1S/C17H30N2/c1-16(2)9-7-12-18-13-8-14-19(3)15-17-10-5-4-6-11-17/h4-6,10-11,16,18H,7-9,12-15H2,1-3H3. The van der Waals surface area contributed by atoms with Crippen LogP contribution < -0.4 is 5.32 Å². The zero-order valence-corrected chi connectivity index (χ0v) is 12.9. The van der Waals surface area contributed by atoms with Crippen LogP contribution in [-0.2, 0) is 6.54 Å². The fourth-order valence-electron chi connectivity index (χ4n) is 2.21. The maximum atomic E-state index is 3.53. The topological polar surface area (TPSA) is 15.3 Å². The van der Waals surface area contributed by atoms with Crippen molar-refractivity contribution in [3.8, 4) is 0 Å². The summed E-state index contributed by atoms with van der Waals surface area (Å²) in [5, 5.41) is 3.53. The van der Waals surface area contributed by atoms with Crippen molar-refractivity contribution in [3.63, 3.8) is 0 Å². The predicted molar refractivity (Wildman–Crippen MR) is 84.3 cm³/mol. The lowest BCUT2D eigenvalue weighted by molar-refractivity contribution is 0.319. The number of hydrogen-bond acceptors (Lipinski definition) is 2. The third-order valence-corrected chi connectivity index (χ3v) is 3.32. The number of hydrogen-bond donors (Lipinski definition) is 1. The highest BCUT2D eigenvalue weighted by Crippen LogP contribution is 2.03. The van der Waals surface area contributed by atoms with Crippen LogP contribution in [0.5, 0.6) is 0 Å². The summed E-state index contributed by atoms with van der Waals surface area (Å²) >= 11 is 0. The molecule has 108 valence electrons. The molecule has 19 heavy (non-hydrogen) atoms. The molecule has 1 N–H and O–H groups in total. The number of rotatable bonds is 10. The van der Waals surface area contributed by atoms with Gasteiger partial charge in [-0.05, 0) is 57.4 Å². The Morgan fingerprint density at radius 2 is 1.74 bits per heavy atom. The lowest BCUT2D eigenvalue weighted by Gasteiger charge is -2.16. The summed E-state index contributed by atoms with van der Waals surface area (Å²) < 4.78 is 0. The van der Waals surface area contributed by atoms with Gasteiger partial charge in [0, 0.05) is 6.54 Å². The second-order valence-corrected chi connectivity index (χ2v) is 5.86. The molecule has 0 amide bonds. The SMILES string of the molecule is CC(C)CCCNCCCN(C)Cc1ccccc1. The zero-order valence-electron chi connectivity index (χ0n) is 12.9. The van der Waals surface area contributed by atoms with Crippen LogP contribution in [0.2, 0.25) is 0 Å². The molecule has 0 fully saturated rings. The normalized spacial score (nSPS) is 11.4. The molecule has 1 aromatic rings. The first kappa shape index (κ1) is 16.2. The molecule has 0 unspecified atom stereocenters. The Hall–Kier alpha value is -0.860. The van der Waals surface area contributed by atoms with Crippen molar-refractivity contribution >= 4 is 0 Å². The summed E-state index contributed by atoms with van der Waals surface area (Å²) in [6.45, 7) is 9.09. The van der Waals surface area contributed by atoms with Crippen LogP contribution in [0.1, 0.15) is 38.7 Å². The average Bonchev–Trinajstić information content (AvgIpc) is 2.38. The average molecular weight is 262 g/mol. The monoisotopic (exact) mass is 262 g/mol. The fraction of sp³-hybridized carbons (Fsp3) is 0.647. The van der Waals surface area contributed by atoms with Crippen molar-refractivity contribution in [2.45, 2.75) is 39.7 Å². The Kier molecular flexibility index (Phi) is 8.52. The van der Waals surface area contributed by atoms with Gasteiger partial charge in [0.1, 0.15) is 0 Å². The molecule has 0 spiro atoms. The van der Waals surface area contributed by atoms with Gasteiger partial charge in [0.15, 0.2) is 0 Å². The largest absolute Gasteiger partial charge is 0.317 e. The molecule has 0 saturated heterocycles. The van der Waals surface area contributed by atoms with Gasteiger partial charge >= 0.3 is 0 Å². The molecule has 0 bridgehead atoms. The number of benzene rings is 1. The van der Waals surface area contributed by atoms with Crippen molar-refractivity contribution in [2.24, 2.45) is 5.92 Å². The van der Waals surface area contributed by atoms with Gasteiger partial charge in [-0.15, -0.1) is 0 Å². The van der Waals surface area contributed by atoms with E-state index in [2.05, 4.69) is 61.4 Å². The third kappa shape index (κ3) is 8.79. The summed E-state index contributed by atoms with van der Waals surface area (Å²) in [5.41, 5.74) is 1.40. The first-order chi connectivity index (χ1) is 9.18. The summed E-state index contributed by atoms with van der Waals surface area (Å²) in [4.78, 5) is 2.39. The van der Waals surface area contributed by atoms with Crippen molar-refractivity contribution in [1.82, 2.24) is 10.2 Å². The molecule has 2 nitrogen and oxygen atoms in total. The van der Waals surface area contributed by atoms with Gasteiger partial charge < -0.3 is 10.2 Å². The smallest absolute Gasteiger partial charge is 0.0230 e. The van der Waals surface area contributed by atoms with E-state index in [9.17, 15) is 0 Å². The van der Waals surface area contributed by atoms with Gasteiger partial charge in [0.25, 0.3) is 0 Å². The summed E-state index contributed by atoms with van der Waals surface area (Å²) in [6.07, 6.45) is 3.86. The Balaban J connectivity index is 1.97. The minimum Gasteiger partial charge on any atom is -0.317 e. The van der Waals surface area contributed by atoms with Crippen molar-refractivity contribution in [1.29, 1.82) is 0 Å². The highest BCUT2D eigenvalue weighted by molar-refractivity contribution is 5.14. The summed E-state index contributed by atoms with van der Waals surface area (Å²) in [6, 6.07) is 10.7. The molecular formula is C17H30N2. The Bertz CT molecular complexity index is 308. The van der Waals surface area contributed by atoms with Gasteiger partial charge in [-0.3, -0.25) is 0 Å². The lowest BCUT2D eigenvalue weighted by Crippen LogP contribution is -2.24. The molecule has 0 aliphatic carbocycles. The molecule has 0 radical (unpaired) electrons. The summed E-state index contributed by atoms with van der Waals surface area (Å²) in [5.74, 6) is 0.832. The van der Waals surface area contributed by atoms with Crippen LogP contribution >= 0.6 is 0 Å². The maximum Gasteiger partial charge on any atom is 0.0230 e. The lowest BCUT2D eigenvalue weighted by atomic mass is 10.1. The van der Waals surface area contributed by atoms with E-state index in [-0.39, 0.29) is 0 Å². The van der Waals surface area contributed by atoms with Crippen LogP contribution in [0.15, 0.2) is 30.3 Å². The molecular weight excluding hydrogens is 232 g/mol. The van der Waals surface area contributed by atoms with Crippen molar-refractivity contribution in [2.75, 3.05) is 26.7 Å². The van der Waals surface area contributed by atoms with E-state index in [1.54, 1.807) is 0 Å². The van der Waals surface area contributed by atoms with Crippen LogP contribution in [0.4, 0.5) is 0 Å². The molecule has 0 heterocycles. The predicted octanol–water partition coefficient (Wildman–Crippen LogP) is 3.53. The van der Waals surface area contributed by atoms with Gasteiger partial charge in [-0.1, -0.05) is 44.2 Å². The fourth-order valence-corrected chi connectivity index (χ4v) is 2.21. The van der Waals surface area contributed by atoms with Crippen LogP contribution in [0.25, 0.3) is 0 Å². The first-order valence-electron chi connectivity index (χ1n) is 7.61. The number of nitrogens with one attached hydrogen (secondary N) is 1. The third-order valence-electron chi connectivity index (χ3n) is 3.32. The van der Waals surface area contributed by atoms with E-state index in [4.69, 9.17) is 0 Å².